The van der Waals surface area contributed by atoms with Gasteiger partial charge < -0.3 is 14.8 Å². The molecule has 0 saturated carbocycles. The molecule has 0 spiro atoms. The Balaban J connectivity index is 2.18. The summed E-state index contributed by atoms with van der Waals surface area (Å²) < 4.78 is 10.3. The summed E-state index contributed by atoms with van der Waals surface area (Å²) in [7, 11) is 3.25. The number of pyridine rings is 1. The number of methoxy groups -OCH3 is 2. The van der Waals surface area contributed by atoms with E-state index in [1.807, 2.05) is 24.4 Å². The second-order valence-corrected chi connectivity index (χ2v) is 3.68. The van der Waals surface area contributed by atoms with Crippen LogP contribution in [0.4, 0.5) is 5.69 Å². The maximum absolute atomic E-state index is 5.13. The van der Waals surface area contributed by atoms with Crippen molar-refractivity contribution in [2.75, 3.05) is 26.1 Å². The number of fused-ring (bicyclic) bond motifs is 1. The Kier molecular flexibility index (Phi) is 3.90. The van der Waals surface area contributed by atoms with Crippen LogP contribution in [0.15, 0.2) is 36.7 Å². The van der Waals surface area contributed by atoms with Crippen LogP contribution in [0, 0.1) is 0 Å². The van der Waals surface area contributed by atoms with Gasteiger partial charge in [-0.05, 0) is 17.5 Å². The molecule has 2 aromatic rings. The van der Waals surface area contributed by atoms with Gasteiger partial charge >= 0.3 is 0 Å². The van der Waals surface area contributed by atoms with Gasteiger partial charge in [-0.15, -0.1) is 0 Å². The van der Waals surface area contributed by atoms with Crippen molar-refractivity contribution in [2.45, 2.75) is 6.29 Å². The van der Waals surface area contributed by atoms with Crippen molar-refractivity contribution in [2.24, 2.45) is 0 Å². The average molecular weight is 232 g/mol. The van der Waals surface area contributed by atoms with Gasteiger partial charge in [0.2, 0.25) is 0 Å². The molecule has 0 aliphatic rings. The van der Waals surface area contributed by atoms with E-state index < -0.39 is 0 Å². The molecule has 0 aliphatic carbocycles. The molecule has 0 bridgehead atoms. The number of nitrogens with one attached hydrogen (secondary N) is 1. The molecular formula is C13H16N2O2. The van der Waals surface area contributed by atoms with E-state index in [1.165, 1.54) is 0 Å². The fourth-order valence-corrected chi connectivity index (χ4v) is 1.72. The van der Waals surface area contributed by atoms with E-state index in [9.17, 15) is 0 Å². The van der Waals surface area contributed by atoms with Crippen LogP contribution >= 0.6 is 0 Å². The summed E-state index contributed by atoms with van der Waals surface area (Å²) in [5.41, 5.74) is 1.04. The third kappa shape index (κ3) is 2.72. The normalized spacial score (nSPS) is 11.0. The molecule has 0 saturated heterocycles. The number of benzene rings is 1. The third-order valence-corrected chi connectivity index (χ3v) is 2.67. The molecular weight excluding hydrogens is 216 g/mol. The molecule has 0 atom stereocenters. The summed E-state index contributed by atoms with van der Waals surface area (Å²) in [6.45, 7) is 0.598. The molecule has 1 aromatic heterocycles. The Morgan fingerprint density at radius 1 is 1.24 bits per heavy atom. The van der Waals surface area contributed by atoms with E-state index in [-0.39, 0.29) is 6.29 Å². The van der Waals surface area contributed by atoms with Gasteiger partial charge in [0.05, 0.1) is 6.54 Å². The van der Waals surface area contributed by atoms with E-state index in [0.717, 1.165) is 16.5 Å². The second kappa shape index (κ2) is 5.61. The first-order valence-electron chi connectivity index (χ1n) is 5.47. The maximum atomic E-state index is 5.13. The lowest BCUT2D eigenvalue weighted by Gasteiger charge is -2.15. The largest absolute Gasteiger partial charge is 0.379 e. The van der Waals surface area contributed by atoms with Gasteiger partial charge in [0.1, 0.15) is 0 Å². The lowest BCUT2D eigenvalue weighted by Crippen LogP contribution is -2.23. The van der Waals surface area contributed by atoms with Crippen LogP contribution in [-0.2, 0) is 9.47 Å². The van der Waals surface area contributed by atoms with Crippen LogP contribution in [0.1, 0.15) is 0 Å². The van der Waals surface area contributed by atoms with E-state index in [0.29, 0.717) is 6.54 Å². The molecule has 0 radical (unpaired) electrons. The number of rotatable bonds is 5. The number of hydrogen-bond donors (Lipinski definition) is 1. The van der Waals surface area contributed by atoms with Crippen LogP contribution in [0.5, 0.6) is 0 Å². The van der Waals surface area contributed by atoms with Crippen LogP contribution in [-0.4, -0.2) is 32.0 Å². The van der Waals surface area contributed by atoms with E-state index in [4.69, 9.17) is 9.47 Å². The molecule has 17 heavy (non-hydrogen) atoms. The molecule has 1 aromatic carbocycles. The zero-order chi connectivity index (χ0) is 12.1. The smallest absolute Gasteiger partial charge is 0.173 e. The van der Waals surface area contributed by atoms with Crippen molar-refractivity contribution < 1.29 is 9.47 Å². The fraction of sp³-hybridized carbons (Fsp3) is 0.308. The SMILES string of the molecule is COC(CNc1cccc2ccncc12)OC. The summed E-state index contributed by atoms with van der Waals surface area (Å²) in [5, 5.41) is 5.56. The monoisotopic (exact) mass is 232 g/mol. The van der Waals surface area contributed by atoms with Crippen molar-refractivity contribution in [3.63, 3.8) is 0 Å². The average Bonchev–Trinajstić information content (AvgIpc) is 2.40. The second-order valence-electron chi connectivity index (χ2n) is 3.68. The molecule has 0 amide bonds. The predicted octanol–water partition coefficient (Wildman–Crippen LogP) is 2.27. The lowest BCUT2D eigenvalue weighted by atomic mass is 10.1. The number of hydrogen-bond acceptors (Lipinski definition) is 4. The molecule has 4 nitrogen and oxygen atoms in total. The Morgan fingerprint density at radius 3 is 2.82 bits per heavy atom. The Bertz CT molecular complexity index is 478. The van der Waals surface area contributed by atoms with Gasteiger partial charge in [-0.25, -0.2) is 0 Å². The molecule has 0 fully saturated rings. The first-order valence-corrected chi connectivity index (χ1v) is 5.47. The molecule has 4 heteroatoms. The lowest BCUT2D eigenvalue weighted by molar-refractivity contribution is -0.0913. The summed E-state index contributed by atoms with van der Waals surface area (Å²) in [6, 6.07) is 8.09. The van der Waals surface area contributed by atoms with Crippen LogP contribution < -0.4 is 5.32 Å². The Labute approximate surface area is 101 Å². The zero-order valence-electron chi connectivity index (χ0n) is 10.0. The van der Waals surface area contributed by atoms with Crippen molar-refractivity contribution >= 4 is 16.5 Å². The van der Waals surface area contributed by atoms with Gasteiger partial charge in [-0.1, -0.05) is 12.1 Å². The van der Waals surface area contributed by atoms with Crippen LogP contribution in [0.25, 0.3) is 10.8 Å². The summed E-state index contributed by atoms with van der Waals surface area (Å²) in [5.74, 6) is 0. The van der Waals surface area contributed by atoms with Crippen molar-refractivity contribution in [1.29, 1.82) is 0 Å². The number of nitrogens with zero attached hydrogens (tertiary/aromatic N) is 1. The van der Waals surface area contributed by atoms with Gasteiger partial charge in [0.25, 0.3) is 0 Å². The number of anilines is 1. The highest BCUT2D eigenvalue weighted by atomic mass is 16.7. The Morgan fingerprint density at radius 2 is 2.06 bits per heavy atom. The molecule has 2 rings (SSSR count). The third-order valence-electron chi connectivity index (χ3n) is 2.67. The standard InChI is InChI=1S/C13H16N2O2/c1-16-13(17-2)9-15-12-5-3-4-10-6-7-14-8-11(10)12/h3-8,13,15H,9H2,1-2H3. The van der Waals surface area contributed by atoms with Crippen LogP contribution in [0.2, 0.25) is 0 Å². The molecule has 0 aliphatic heterocycles. The number of aromatic nitrogens is 1. The summed E-state index contributed by atoms with van der Waals surface area (Å²) >= 11 is 0. The van der Waals surface area contributed by atoms with E-state index in [2.05, 4.69) is 16.4 Å². The highest BCUT2D eigenvalue weighted by Gasteiger charge is 2.06. The van der Waals surface area contributed by atoms with Gasteiger partial charge in [-0.3, -0.25) is 4.98 Å². The van der Waals surface area contributed by atoms with Gasteiger partial charge in [-0.2, -0.15) is 0 Å². The first kappa shape index (κ1) is 11.8. The van der Waals surface area contributed by atoms with Crippen LogP contribution in [0.3, 0.4) is 0 Å². The first-order chi connectivity index (χ1) is 8.35. The Hall–Kier alpha value is -1.65. The van der Waals surface area contributed by atoms with Gasteiger partial charge in [0.15, 0.2) is 6.29 Å². The van der Waals surface area contributed by atoms with E-state index >= 15 is 0 Å². The molecule has 90 valence electrons. The van der Waals surface area contributed by atoms with Crippen molar-refractivity contribution in [3.05, 3.63) is 36.7 Å². The maximum Gasteiger partial charge on any atom is 0.173 e. The van der Waals surface area contributed by atoms with Gasteiger partial charge in [0, 0.05) is 37.7 Å². The highest BCUT2D eigenvalue weighted by molar-refractivity contribution is 5.93. The van der Waals surface area contributed by atoms with Crippen molar-refractivity contribution in [1.82, 2.24) is 4.98 Å². The quantitative estimate of drug-likeness (QED) is 0.803. The molecule has 1 N–H and O–H groups in total. The van der Waals surface area contributed by atoms with Crippen molar-refractivity contribution in [3.8, 4) is 0 Å². The minimum Gasteiger partial charge on any atom is -0.379 e. The molecule has 0 unspecified atom stereocenters. The predicted molar refractivity (Wildman–Crippen MR) is 68.0 cm³/mol. The summed E-state index contributed by atoms with van der Waals surface area (Å²) in [4.78, 5) is 4.14. The minimum absolute atomic E-state index is 0.248. The molecule has 1 heterocycles. The number of ether oxygens (including phenoxy) is 2. The summed E-state index contributed by atoms with van der Waals surface area (Å²) in [6.07, 6.45) is 3.40. The van der Waals surface area contributed by atoms with E-state index in [1.54, 1.807) is 20.4 Å². The fourth-order valence-electron chi connectivity index (χ4n) is 1.72. The minimum atomic E-state index is -0.248. The topological polar surface area (TPSA) is 43.4 Å². The highest BCUT2D eigenvalue weighted by Crippen LogP contribution is 2.21. The zero-order valence-corrected chi connectivity index (χ0v) is 10.0.